The summed E-state index contributed by atoms with van der Waals surface area (Å²) in [7, 11) is 3.37. The zero-order valence-electron chi connectivity index (χ0n) is 11.1. The number of rotatable bonds is 3. The number of carbonyl (C=O) groups is 1. The smallest absolute Gasteiger partial charge is 0.246 e. The zero-order chi connectivity index (χ0) is 14.0. The second-order valence-electron chi connectivity index (χ2n) is 4.61. The van der Waals surface area contributed by atoms with Crippen LogP contribution in [0.3, 0.4) is 0 Å². The van der Waals surface area contributed by atoms with Gasteiger partial charge in [-0.15, -0.1) is 0 Å². The number of nitrogens with zero attached hydrogens (tertiary/aromatic N) is 2. The van der Waals surface area contributed by atoms with Crippen molar-refractivity contribution in [2.75, 3.05) is 43.7 Å². The van der Waals surface area contributed by atoms with E-state index in [2.05, 4.69) is 0 Å². The maximum absolute atomic E-state index is 13.3. The molecule has 1 aromatic carbocycles. The zero-order valence-corrected chi connectivity index (χ0v) is 11.1. The van der Waals surface area contributed by atoms with Gasteiger partial charge < -0.3 is 20.3 Å². The number of hydrogen-bond donors (Lipinski definition) is 1. The molecule has 1 amide bonds. The first-order valence-corrected chi connectivity index (χ1v) is 6.11. The minimum Gasteiger partial charge on any atom is -0.383 e. The summed E-state index contributed by atoms with van der Waals surface area (Å²) in [5, 5.41) is 0. The molecule has 5 nitrogen and oxygen atoms in total. The van der Waals surface area contributed by atoms with E-state index in [1.807, 2.05) is 11.9 Å². The fourth-order valence-electron chi connectivity index (χ4n) is 2.20. The van der Waals surface area contributed by atoms with Crippen molar-refractivity contribution in [2.24, 2.45) is 5.73 Å². The molecule has 0 saturated heterocycles. The van der Waals surface area contributed by atoms with Crippen molar-refractivity contribution >= 4 is 17.3 Å². The molecule has 0 saturated carbocycles. The summed E-state index contributed by atoms with van der Waals surface area (Å²) in [6.07, 6.45) is 0. The van der Waals surface area contributed by atoms with Gasteiger partial charge in [0.05, 0.1) is 18.0 Å². The molecular weight excluding hydrogens is 249 g/mol. The average molecular weight is 267 g/mol. The number of amides is 1. The lowest BCUT2D eigenvalue weighted by Gasteiger charge is -2.36. The normalized spacial score (nSPS) is 16.2. The van der Waals surface area contributed by atoms with Gasteiger partial charge in [-0.2, -0.15) is 0 Å². The van der Waals surface area contributed by atoms with Crippen molar-refractivity contribution in [1.82, 2.24) is 0 Å². The Balaban J connectivity index is 2.30. The van der Waals surface area contributed by atoms with Crippen LogP contribution in [0, 0.1) is 5.82 Å². The third-order valence-corrected chi connectivity index (χ3v) is 3.23. The third kappa shape index (κ3) is 2.69. The number of methoxy groups -OCH3 is 1. The number of fused-ring (bicyclic) bond motifs is 1. The van der Waals surface area contributed by atoms with Crippen molar-refractivity contribution in [2.45, 2.75) is 6.04 Å². The summed E-state index contributed by atoms with van der Waals surface area (Å²) >= 11 is 0. The molecule has 1 aromatic rings. The lowest BCUT2D eigenvalue weighted by atomic mass is 10.1. The van der Waals surface area contributed by atoms with Crippen LogP contribution in [0.15, 0.2) is 18.2 Å². The fraction of sp³-hybridized carbons (Fsp3) is 0.462. The molecule has 0 bridgehead atoms. The second-order valence-corrected chi connectivity index (χ2v) is 4.61. The highest BCUT2D eigenvalue weighted by molar-refractivity contribution is 6.00. The van der Waals surface area contributed by atoms with Gasteiger partial charge in [-0.3, -0.25) is 4.79 Å². The number of ether oxygens (including phenoxy) is 1. The molecule has 19 heavy (non-hydrogen) atoms. The van der Waals surface area contributed by atoms with Crippen LogP contribution in [0.25, 0.3) is 0 Å². The first-order valence-electron chi connectivity index (χ1n) is 6.11. The molecule has 0 fully saturated rings. The highest BCUT2D eigenvalue weighted by atomic mass is 19.1. The average Bonchev–Trinajstić information content (AvgIpc) is 2.39. The Morgan fingerprint density at radius 3 is 2.89 bits per heavy atom. The molecule has 2 N–H and O–H groups in total. The molecule has 0 spiro atoms. The number of anilines is 2. The van der Waals surface area contributed by atoms with E-state index in [1.54, 1.807) is 11.0 Å². The highest BCUT2D eigenvalue weighted by Crippen LogP contribution is 2.33. The van der Waals surface area contributed by atoms with E-state index in [4.69, 9.17) is 10.5 Å². The lowest BCUT2D eigenvalue weighted by Crippen LogP contribution is -2.50. The Morgan fingerprint density at radius 2 is 2.21 bits per heavy atom. The number of halogens is 1. The molecule has 6 heteroatoms. The Hall–Kier alpha value is -1.66. The summed E-state index contributed by atoms with van der Waals surface area (Å²) in [6, 6.07) is 3.68. The van der Waals surface area contributed by atoms with Crippen LogP contribution in [0.1, 0.15) is 0 Å². The summed E-state index contributed by atoms with van der Waals surface area (Å²) in [5.74, 6) is -0.524. The quantitative estimate of drug-likeness (QED) is 0.870. The van der Waals surface area contributed by atoms with E-state index in [9.17, 15) is 9.18 Å². The van der Waals surface area contributed by atoms with Crippen LogP contribution in [0.2, 0.25) is 0 Å². The van der Waals surface area contributed by atoms with Gasteiger partial charge in [0.1, 0.15) is 11.9 Å². The predicted molar refractivity (Wildman–Crippen MR) is 71.9 cm³/mol. The van der Waals surface area contributed by atoms with E-state index in [-0.39, 0.29) is 18.3 Å². The molecule has 1 atom stereocenters. The molecule has 1 unspecified atom stereocenters. The molecule has 1 heterocycles. The van der Waals surface area contributed by atoms with Crippen molar-refractivity contribution in [3.8, 4) is 0 Å². The van der Waals surface area contributed by atoms with Crippen LogP contribution in [0.5, 0.6) is 0 Å². The molecular formula is C13H18FN3O2. The van der Waals surface area contributed by atoms with Gasteiger partial charge in [0.2, 0.25) is 5.91 Å². The number of nitrogens with two attached hydrogens (primary N) is 1. The highest BCUT2D eigenvalue weighted by Gasteiger charge is 2.28. The summed E-state index contributed by atoms with van der Waals surface area (Å²) in [6.45, 7) is 1.34. The first-order chi connectivity index (χ1) is 9.04. The molecule has 0 aliphatic carbocycles. The van der Waals surface area contributed by atoms with Crippen molar-refractivity contribution in [1.29, 1.82) is 0 Å². The van der Waals surface area contributed by atoms with E-state index in [0.717, 1.165) is 0 Å². The SMILES string of the molecule is COCC(N)C(=O)N1CCN(C)c2cc(F)ccc21. The van der Waals surface area contributed by atoms with Crippen LogP contribution in [-0.2, 0) is 9.53 Å². The van der Waals surface area contributed by atoms with Gasteiger partial charge >= 0.3 is 0 Å². The molecule has 1 aliphatic heterocycles. The van der Waals surface area contributed by atoms with Gasteiger partial charge in [-0.1, -0.05) is 0 Å². The topological polar surface area (TPSA) is 58.8 Å². The number of hydrogen-bond acceptors (Lipinski definition) is 4. The Bertz CT molecular complexity index is 481. The standard InChI is InChI=1S/C13H18FN3O2/c1-16-5-6-17(13(18)10(15)8-19-2)11-4-3-9(14)7-12(11)16/h3-4,7,10H,5-6,8,15H2,1-2H3. The minimum atomic E-state index is -0.702. The first kappa shape index (κ1) is 13.8. The van der Waals surface area contributed by atoms with Gasteiger partial charge in [0, 0.05) is 27.2 Å². The maximum atomic E-state index is 13.3. The monoisotopic (exact) mass is 267 g/mol. The number of carbonyl (C=O) groups excluding carboxylic acids is 1. The van der Waals surface area contributed by atoms with E-state index < -0.39 is 6.04 Å². The van der Waals surface area contributed by atoms with Gasteiger partial charge in [0.15, 0.2) is 0 Å². The minimum absolute atomic E-state index is 0.168. The molecule has 1 aliphatic rings. The Morgan fingerprint density at radius 1 is 1.47 bits per heavy atom. The molecule has 0 aromatic heterocycles. The van der Waals surface area contributed by atoms with Crippen LogP contribution in [-0.4, -0.2) is 45.8 Å². The second kappa shape index (κ2) is 5.54. The summed E-state index contributed by atoms with van der Waals surface area (Å²) in [4.78, 5) is 15.8. The van der Waals surface area contributed by atoms with Crippen molar-refractivity contribution < 1.29 is 13.9 Å². The van der Waals surface area contributed by atoms with Crippen LogP contribution in [0.4, 0.5) is 15.8 Å². The van der Waals surface area contributed by atoms with Gasteiger partial charge in [0.25, 0.3) is 0 Å². The van der Waals surface area contributed by atoms with E-state index in [0.29, 0.717) is 24.5 Å². The maximum Gasteiger partial charge on any atom is 0.246 e. The molecule has 0 radical (unpaired) electrons. The lowest BCUT2D eigenvalue weighted by molar-refractivity contribution is -0.120. The number of benzene rings is 1. The van der Waals surface area contributed by atoms with Gasteiger partial charge in [-0.25, -0.2) is 4.39 Å². The summed E-state index contributed by atoms with van der Waals surface area (Å²) < 4.78 is 18.2. The van der Waals surface area contributed by atoms with Crippen LogP contribution < -0.4 is 15.5 Å². The van der Waals surface area contributed by atoms with Crippen LogP contribution >= 0.6 is 0 Å². The van der Waals surface area contributed by atoms with Crippen molar-refractivity contribution in [3.63, 3.8) is 0 Å². The Kier molecular flexibility index (Phi) is 4.01. The summed E-state index contributed by atoms with van der Waals surface area (Å²) in [5.41, 5.74) is 7.16. The van der Waals surface area contributed by atoms with E-state index in [1.165, 1.54) is 19.2 Å². The Labute approximate surface area is 111 Å². The van der Waals surface area contributed by atoms with Gasteiger partial charge in [-0.05, 0) is 18.2 Å². The largest absolute Gasteiger partial charge is 0.383 e. The predicted octanol–water partition coefficient (Wildman–Crippen LogP) is 0.582. The fourth-order valence-corrected chi connectivity index (χ4v) is 2.20. The molecule has 2 rings (SSSR count). The van der Waals surface area contributed by atoms with E-state index >= 15 is 0 Å². The number of likely N-dealkylation sites (N-methyl/N-ethyl adjacent to an activating group) is 1. The molecule has 104 valence electrons. The van der Waals surface area contributed by atoms with Crippen molar-refractivity contribution in [3.05, 3.63) is 24.0 Å². The third-order valence-electron chi connectivity index (χ3n) is 3.23.